The zero-order valence-electron chi connectivity index (χ0n) is 16.0. The van der Waals surface area contributed by atoms with Crippen LogP contribution in [0.1, 0.15) is 44.8 Å². The molecule has 0 aromatic carbocycles. The highest BCUT2D eigenvalue weighted by molar-refractivity contribution is 14.0. The van der Waals surface area contributed by atoms with E-state index >= 15 is 0 Å². The van der Waals surface area contributed by atoms with Crippen LogP contribution in [0.5, 0.6) is 0 Å². The van der Waals surface area contributed by atoms with Crippen LogP contribution in [0.4, 0.5) is 0 Å². The Morgan fingerprint density at radius 2 is 2.11 bits per heavy atom. The minimum atomic E-state index is -3.09. The first-order valence-electron chi connectivity index (χ1n) is 9.24. The maximum atomic E-state index is 12.7. The second-order valence-electron chi connectivity index (χ2n) is 7.64. The Morgan fingerprint density at radius 3 is 2.70 bits per heavy atom. The predicted octanol–water partition coefficient (Wildman–Crippen LogP) is 2.11. The zero-order valence-corrected chi connectivity index (χ0v) is 19.1. The fourth-order valence-corrected chi connectivity index (χ4v) is 6.23. The molecule has 0 radical (unpaired) electrons. The SMILES string of the molecule is CN=C(NCC(C)(O)c1ccco1)N1CCS(=O)(=O)C2(CCCCC2)C1.I. The van der Waals surface area contributed by atoms with Crippen LogP contribution >= 0.6 is 24.0 Å². The first kappa shape index (κ1) is 22.5. The van der Waals surface area contributed by atoms with Gasteiger partial charge in [0.25, 0.3) is 0 Å². The van der Waals surface area contributed by atoms with E-state index in [2.05, 4.69) is 10.3 Å². The summed E-state index contributed by atoms with van der Waals surface area (Å²) in [6, 6.07) is 3.47. The third-order valence-electron chi connectivity index (χ3n) is 5.69. The molecule has 1 atom stereocenters. The predicted molar refractivity (Wildman–Crippen MR) is 116 cm³/mol. The van der Waals surface area contributed by atoms with Crippen LogP contribution in [0.25, 0.3) is 0 Å². The van der Waals surface area contributed by atoms with Crippen molar-refractivity contribution in [2.45, 2.75) is 49.4 Å². The number of furan rings is 1. The summed E-state index contributed by atoms with van der Waals surface area (Å²) in [5.41, 5.74) is -1.18. The lowest BCUT2D eigenvalue weighted by Gasteiger charge is -2.45. The second kappa shape index (κ2) is 8.69. The number of halogens is 1. The molecule has 1 saturated carbocycles. The van der Waals surface area contributed by atoms with Gasteiger partial charge < -0.3 is 19.7 Å². The van der Waals surface area contributed by atoms with Gasteiger partial charge in [-0.25, -0.2) is 8.42 Å². The molecule has 1 saturated heterocycles. The average molecular weight is 511 g/mol. The van der Waals surface area contributed by atoms with E-state index in [9.17, 15) is 13.5 Å². The molecular weight excluding hydrogens is 481 g/mol. The quantitative estimate of drug-likeness (QED) is 0.367. The van der Waals surface area contributed by atoms with Gasteiger partial charge in [0.2, 0.25) is 0 Å². The van der Waals surface area contributed by atoms with Crippen LogP contribution < -0.4 is 5.32 Å². The van der Waals surface area contributed by atoms with E-state index in [4.69, 9.17) is 4.42 Å². The van der Waals surface area contributed by atoms with Crippen molar-refractivity contribution in [1.29, 1.82) is 0 Å². The third kappa shape index (κ3) is 4.61. The molecule has 1 aromatic heterocycles. The Morgan fingerprint density at radius 1 is 1.41 bits per heavy atom. The Bertz CT molecular complexity index is 741. The van der Waals surface area contributed by atoms with E-state index in [1.54, 1.807) is 26.1 Å². The van der Waals surface area contributed by atoms with E-state index in [-0.39, 0.29) is 36.3 Å². The molecule has 1 unspecified atom stereocenters. The Balaban J connectivity index is 0.00000261. The van der Waals surface area contributed by atoms with Gasteiger partial charge in [-0.2, -0.15) is 0 Å². The Hall–Kier alpha value is -0.810. The highest BCUT2D eigenvalue weighted by atomic mass is 127. The zero-order chi connectivity index (χ0) is 18.8. The minimum Gasteiger partial charge on any atom is -0.466 e. The lowest BCUT2D eigenvalue weighted by Crippen LogP contribution is -2.60. The van der Waals surface area contributed by atoms with Crippen molar-refractivity contribution in [1.82, 2.24) is 10.2 Å². The molecule has 0 amide bonds. The highest BCUT2D eigenvalue weighted by Gasteiger charge is 2.48. The normalized spacial score (nSPS) is 24.1. The van der Waals surface area contributed by atoms with Gasteiger partial charge in [0.05, 0.1) is 23.3 Å². The van der Waals surface area contributed by atoms with Crippen LogP contribution in [-0.4, -0.2) is 61.6 Å². The molecule has 1 spiro atoms. The van der Waals surface area contributed by atoms with Gasteiger partial charge in [-0.3, -0.25) is 4.99 Å². The van der Waals surface area contributed by atoms with Gasteiger partial charge in [-0.05, 0) is 31.9 Å². The Labute approximate surface area is 178 Å². The molecule has 1 aromatic rings. The molecule has 27 heavy (non-hydrogen) atoms. The molecule has 1 aliphatic carbocycles. The monoisotopic (exact) mass is 511 g/mol. The summed E-state index contributed by atoms with van der Waals surface area (Å²) < 4.78 is 30.2. The molecule has 9 heteroatoms. The van der Waals surface area contributed by atoms with Crippen molar-refractivity contribution in [3.05, 3.63) is 24.2 Å². The van der Waals surface area contributed by atoms with E-state index in [0.29, 0.717) is 24.8 Å². The molecule has 1 aliphatic heterocycles. The van der Waals surface area contributed by atoms with Gasteiger partial charge in [0.1, 0.15) is 11.4 Å². The van der Waals surface area contributed by atoms with Crippen LogP contribution in [0.15, 0.2) is 27.8 Å². The van der Waals surface area contributed by atoms with Crippen LogP contribution in [0.3, 0.4) is 0 Å². The number of sulfone groups is 1. The number of hydrogen-bond acceptors (Lipinski definition) is 5. The van der Waals surface area contributed by atoms with Crippen molar-refractivity contribution in [3.63, 3.8) is 0 Å². The Kier molecular flexibility index (Phi) is 7.23. The van der Waals surface area contributed by atoms with Crippen molar-refractivity contribution in [3.8, 4) is 0 Å². The van der Waals surface area contributed by atoms with E-state index in [1.807, 2.05) is 4.90 Å². The number of rotatable bonds is 3. The fourth-order valence-electron chi connectivity index (χ4n) is 4.07. The molecule has 2 N–H and O–H groups in total. The number of nitrogens with one attached hydrogen (secondary N) is 1. The number of aliphatic hydroxyl groups is 1. The lowest BCUT2D eigenvalue weighted by molar-refractivity contribution is 0.0379. The molecular formula is C18H30IN3O4S. The summed E-state index contributed by atoms with van der Waals surface area (Å²) in [6.07, 6.45) is 6.02. The number of aliphatic imine (C=N–C) groups is 1. The van der Waals surface area contributed by atoms with Gasteiger partial charge in [0.15, 0.2) is 15.8 Å². The highest BCUT2D eigenvalue weighted by Crippen LogP contribution is 2.38. The molecule has 154 valence electrons. The van der Waals surface area contributed by atoms with Gasteiger partial charge in [-0.15, -0.1) is 24.0 Å². The first-order valence-corrected chi connectivity index (χ1v) is 10.9. The van der Waals surface area contributed by atoms with Gasteiger partial charge >= 0.3 is 0 Å². The largest absolute Gasteiger partial charge is 0.466 e. The summed E-state index contributed by atoms with van der Waals surface area (Å²) in [5.74, 6) is 1.25. The van der Waals surface area contributed by atoms with E-state index < -0.39 is 20.2 Å². The maximum absolute atomic E-state index is 12.7. The van der Waals surface area contributed by atoms with Crippen molar-refractivity contribution in [2.24, 2.45) is 4.99 Å². The topological polar surface area (TPSA) is 95.1 Å². The van der Waals surface area contributed by atoms with Crippen molar-refractivity contribution >= 4 is 39.8 Å². The number of guanidine groups is 1. The van der Waals surface area contributed by atoms with E-state index in [1.165, 1.54) is 6.26 Å². The molecule has 2 aliphatic rings. The first-order chi connectivity index (χ1) is 12.3. The summed E-state index contributed by atoms with van der Waals surface area (Å²) >= 11 is 0. The smallest absolute Gasteiger partial charge is 0.193 e. The molecule has 3 rings (SSSR count). The standard InChI is InChI=1S/C18H29N3O4S.HI/c1-17(22,15-7-6-11-25-15)13-20-16(19-2)21-10-12-26(23,24)18(14-21)8-4-3-5-9-18;/h6-7,11,22H,3-5,8-10,12-14H2,1-2H3,(H,19,20);1H. The summed E-state index contributed by atoms with van der Waals surface area (Å²) in [5, 5.41) is 13.8. The molecule has 2 fully saturated rings. The number of hydrogen-bond donors (Lipinski definition) is 2. The second-order valence-corrected chi connectivity index (χ2v) is 10.1. The molecule has 2 heterocycles. The summed E-state index contributed by atoms with van der Waals surface area (Å²) in [7, 11) is -1.41. The maximum Gasteiger partial charge on any atom is 0.193 e. The van der Waals surface area contributed by atoms with Crippen LogP contribution in [0, 0.1) is 0 Å². The van der Waals surface area contributed by atoms with Crippen LogP contribution in [0.2, 0.25) is 0 Å². The van der Waals surface area contributed by atoms with Crippen molar-refractivity contribution in [2.75, 3.05) is 32.4 Å². The summed E-state index contributed by atoms with van der Waals surface area (Å²) in [4.78, 5) is 6.34. The van der Waals surface area contributed by atoms with Gasteiger partial charge in [-0.1, -0.05) is 19.3 Å². The third-order valence-corrected chi connectivity index (χ3v) is 8.26. The minimum absolute atomic E-state index is 0. The number of nitrogens with zero attached hydrogens (tertiary/aromatic N) is 2. The van der Waals surface area contributed by atoms with Crippen LogP contribution in [-0.2, 0) is 15.4 Å². The molecule has 0 bridgehead atoms. The summed E-state index contributed by atoms with van der Waals surface area (Å²) in [6.45, 7) is 2.80. The molecule has 7 nitrogen and oxygen atoms in total. The van der Waals surface area contributed by atoms with Crippen molar-refractivity contribution < 1.29 is 17.9 Å². The lowest BCUT2D eigenvalue weighted by atomic mass is 9.87. The van der Waals surface area contributed by atoms with Gasteiger partial charge in [0, 0.05) is 20.1 Å². The van der Waals surface area contributed by atoms with E-state index in [0.717, 1.165) is 32.1 Å². The average Bonchev–Trinajstić information content (AvgIpc) is 3.15. The fraction of sp³-hybridized carbons (Fsp3) is 0.722.